The Morgan fingerprint density at radius 1 is 1.00 bits per heavy atom. The van der Waals surface area contributed by atoms with E-state index >= 15 is 0 Å². The van der Waals surface area contributed by atoms with Gasteiger partial charge in [0, 0.05) is 20.0 Å². The Balaban J connectivity index is 1.68. The SMILES string of the molecule is CN(C)C(=O)C(C)(C)NC(=O)C(CC(=O)O)NC(=O)OCC1c2ccccc2-c2ccccc21. The summed E-state index contributed by atoms with van der Waals surface area (Å²) in [5, 5.41) is 14.1. The van der Waals surface area contributed by atoms with Gasteiger partial charge in [-0.2, -0.15) is 0 Å². The fourth-order valence-corrected chi connectivity index (χ4v) is 4.17. The average Bonchev–Trinajstić information content (AvgIpc) is 3.09. The van der Waals surface area contributed by atoms with E-state index in [1.165, 1.54) is 18.7 Å². The van der Waals surface area contributed by atoms with Crippen molar-refractivity contribution in [3.05, 3.63) is 59.7 Å². The zero-order chi connectivity index (χ0) is 25.0. The number of hydrogen-bond acceptors (Lipinski definition) is 5. The second-order valence-electron chi connectivity index (χ2n) is 8.93. The van der Waals surface area contributed by atoms with Crippen molar-refractivity contribution in [1.82, 2.24) is 15.5 Å². The van der Waals surface area contributed by atoms with Gasteiger partial charge in [0.15, 0.2) is 0 Å². The highest BCUT2D eigenvalue weighted by atomic mass is 16.5. The highest BCUT2D eigenvalue weighted by molar-refractivity contribution is 5.95. The van der Waals surface area contributed by atoms with Crippen LogP contribution < -0.4 is 10.6 Å². The van der Waals surface area contributed by atoms with E-state index in [1.54, 1.807) is 14.1 Å². The van der Waals surface area contributed by atoms with Gasteiger partial charge in [0.05, 0.1) is 6.42 Å². The molecule has 0 saturated heterocycles. The fraction of sp³-hybridized carbons (Fsp3) is 0.360. The molecule has 3 N–H and O–H groups in total. The molecule has 0 heterocycles. The largest absolute Gasteiger partial charge is 0.481 e. The van der Waals surface area contributed by atoms with Crippen LogP contribution in [0.15, 0.2) is 48.5 Å². The van der Waals surface area contributed by atoms with Crippen molar-refractivity contribution in [3.8, 4) is 11.1 Å². The minimum Gasteiger partial charge on any atom is -0.481 e. The van der Waals surface area contributed by atoms with Gasteiger partial charge in [-0.15, -0.1) is 0 Å². The molecule has 0 aliphatic heterocycles. The molecule has 34 heavy (non-hydrogen) atoms. The molecule has 1 aliphatic rings. The maximum absolute atomic E-state index is 12.7. The van der Waals surface area contributed by atoms with Crippen LogP contribution in [0.1, 0.15) is 37.3 Å². The molecule has 0 bridgehead atoms. The Labute approximate surface area is 198 Å². The molecule has 1 unspecified atom stereocenters. The minimum atomic E-state index is -1.41. The third-order valence-corrected chi connectivity index (χ3v) is 5.71. The van der Waals surface area contributed by atoms with Crippen LogP contribution in [-0.2, 0) is 19.1 Å². The Morgan fingerprint density at radius 3 is 2.03 bits per heavy atom. The monoisotopic (exact) mass is 467 g/mol. The lowest BCUT2D eigenvalue weighted by Crippen LogP contribution is -2.59. The van der Waals surface area contributed by atoms with Gasteiger partial charge < -0.3 is 25.4 Å². The van der Waals surface area contributed by atoms with E-state index in [9.17, 15) is 24.3 Å². The highest BCUT2D eigenvalue weighted by Crippen LogP contribution is 2.44. The zero-order valence-corrected chi connectivity index (χ0v) is 19.6. The third-order valence-electron chi connectivity index (χ3n) is 5.71. The van der Waals surface area contributed by atoms with Gasteiger partial charge in [0.1, 0.15) is 18.2 Å². The Kier molecular flexibility index (Phi) is 7.24. The lowest BCUT2D eigenvalue weighted by Gasteiger charge is -2.30. The van der Waals surface area contributed by atoms with Crippen molar-refractivity contribution < 1.29 is 29.0 Å². The van der Waals surface area contributed by atoms with E-state index in [2.05, 4.69) is 10.6 Å². The number of carboxylic acid groups (broad SMARTS) is 1. The van der Waals surface area contributed by atoms with Gasteiger partial charge in [0.25, 0.3) is 0 Å². The molecule has 9 heteroatoms. The number of carbonyl (C=O) groups excluding carboxylic acids is 3. The summed E-state index contributed by atoms with van der Waals surface area (Å²) in [5.74, 6) is -2.63. The second kappa shape index (κ2) is 9.94. The summed E-state index contributed by atoms with van der Waals surface area (Å²) in [6.07, 6.45) is -1.58. The van der Waals surface area contributed by atoms with Gasteiger partial charge in [-0.25, -0.2) is 4.79 Å². The van der Waals surface area contributed by atoms with E-state index in [0.29, 0.717) is 0 Å². The fourth-order valence-electron chi connectivity index (χ4n) is 4.17. The Morgan fingerprint density at radius 2 is 1.53 bits per heavy atom. The van der Waals surface area contributed by atoms with E-state index < -0.39 is 36.0 Å². The summed E-state index contributed by atoms with van der Waals surface area (Å²) >= 11 is 0. The number of rotatable bonds is 8. The molecule has 3 rings (SSSR count). The molecule has 1 atom stereocenters. The summed E-state index contributed by atoms with van der Waals surface area (Å²) in [4.78, 5) is 50.2. The number of carboxylic acids is 1. The zero-order valence-electron chi connectivity index (χ0n) is 19.6. The van der Waals surface area contributed by atoms with Crippen molar-refractivity contribution >= 4 is 23.9 Å². The first-order valence-electron chi connectivity index (χ1n) is 10.9. The van der Waals surface area contributed by atoms with Gasteiger partial charge in [0.2, 0.25) is 11.8 Å². The molecular formula is C25H29N3O6. The van der Waals surface area contributed by atoms with Crippen molar-refractivity contribution in [3.63, 3.8) is 0 Å². The van der Waals surface area contributed by atoms with Crippen LogP contribution in [0.3, 0.4) is 0 Å². The number of amides is 3. The molecular weight excluding hydrogens is 438 g/mol. The smallest absolute Gasteiger partial charge is 0.407 e. The molecule has 2 aromatic carbocycles. The van der Waals surface area contributed by atoms with Gasteiger partial charge in [-0.1, -0.05) is 48.5 Å². The summed E-state index contributed by atoms with van der Waals surface area (Å²) in [5.41, 5.74) is 2.91. The molecule has 2 aromatic rings. The third kappa shape index (κ3) is 5.36. The molecule has 0 aromatic heterocycles. The van der Waals surface area contributed by atoms with Gasteiger partial charge >= 0.3 is 12.1 Å². The van der Waals surface area contributed by atoms with E-state index in [0.717, 1.165) is 22.3 Å². The Hall–Kier alpha value is -3.88. The number of benzene rings is 2. The summed E-state index contributed by atoms with van der Waals surface area (Å²) < 4.78 is 5.42. The number of fused-ring (bicyclic) bond motifs is 3. The number of nitrogens with one attached hydrogen (secondary N) is 2. The van der Waals surface area contributed by atoms with Crippen molar-refractivity contribution in [2.24, 2.45) is 0 Å². The standard InChI is InChI=1S/C25H29N3O6/c1-25(2,23(32)28(3)4)27-22(31)20(13-21(29)30)26-24(33)34-14-19-17-11-7-5-9-15(17)16-10-6-8-12-18(16)19/h5-12,19-20H,13-14H2,1-4H3,(H,26,33)(H,27,31)(H,29,30). The van der Waals surface area contributed by atoms with Crippen LogP contribution in [0.2, 0.25) is 0 Å². The second-order valence-corrected chi connectivity index (χ2v) is 8.93. The van der Waals surface area contributed by atoms with Gasteiger partial charge in [-0.3, -0.25) is 14.4 Å². The number of alkyl carbamates (subject to hydrolysis) is 1. The van der Waals surface area contributed by atoms with Crippen LogP contribution in [0.4, 0.5) is 4.79 Å². The molecule has 3 amide bonds. The van der Waals surface area contributed by atoms with Crippen LogP contribution in [0, 0.1) is 0 Å². The quantitative estimate of drug-likeness (QED) is 0.547. The van der Waals surface area contributed by atoms with Crippen LogP contribution in [0.25, 0.3) is 11.1 Å². The lowest BCUT2D eigenvalue weighted by atomic mass is 9.98. The molecule has 180 valence electrons. The number of aliphatic carboxylic acids is 1. The molecule has 0 fully saturated rings. The number of likely N-dealkylation sites (N-methyl/N-ethyl adjacent to an activating group) is 1. The molecule has 0 saturated carbocycles. The maximum Gasteiger partial charge on any atom is 0.407 e. The molecule has 9 nitrogen and oxygen atoms in total. The van der Waals surface area contributed by atoms with Crippen molar-refractivity contribution in [2.75, 3.05) is 20.7 Å². The Bertz CT molecular complexity index is 1070. The summed E-state index contributed by atoms with van der Waals surface area (Å²) in [6, 6.07) is 14.3. The number of ether oxygens (including phenoxy) is 1. The number of nitrogens with zero attached hydrogens (tertiary/aromatic N) is 1. The molecule has 0 spiro atoms. The van der Waals surface area contributed by atoms with E-state index in [4.69, 9.17) is 4.74 Å². The highest BCUT2D eigenvalue weighted by Gasteiger charge is 2.35. The minimum absolute atomic E-state index is 0.0197. The lowest BCUT2D eigenvalue weighted by molar-refractivity contribution is -0.141. The topological polar surface area (TPSA) is 125 Å². The molecule has 1 aliphatic carbocycles. The average molecular weight is 468 g/mol. The summed E-state index contributed by atoms with van der Waals surface area (Å²) in [7, 11) is 3.08. The van der Waals surface area contributed by atoms with Crippen LogP contribution in [-0.4, -0.2) is 66.2 Å². The van der Waals surface area contributed by atoms with Gasteiger partial charge in [-0.05, 0) is 36.1 Å². The first kappa shape index (κ1) is 24.8. The summed E-state index contributed by atoms with van der Waals surface area (Å²) in [6.45, 7) is 3.02. The normalized spacial score (nSPS) is 13.3. The van der Waals surface area contributed by atoms with Crippen molar-refractivity contribution in [1.29, 1.82) is 0 Å². The first-order chi connectivity index (χ1) is 16.0. The van der Waals surface area contributed by atoms with Crippen LogP contribution >= 0.6 is 0 Å². The van der Waals surface area contributed by atoms with E-state index in [-0.39, 0.29) is 18.4 Å². The first-order valence-corrected chi connectivity index (χ1v) is 10.9. The predicted molar refractivity (Wildman–Crippen MR) is 125 cm³/mol. The predicted octanol–water partition coefficient (Wildman–Crippen LogP) is 2.35. The van der Waals surface area contributed by atoms with Crippen molar-refractivity contribution in [2.45, 2.75) is 37.8 Å². The number of hydrogen-bond donors (Lipinski definition) is 3. The van der Waals surface area contributed by atoms with E-state index in [1.807, 2.05) is 48.5 Å². The molecule has 0 radical (unpaired) electrons. The maximum atomic E-state index is 12.7. The number of carbonyl (C=O) groups is 4. The van der Waals surface area contributed by atoms with Crippen LogP contribution in [0.5, 0.6) is 0 Å².